The number of hydrogen-bond acceptors (Lipinski definition) is 15. The van der Waals surface area contributed by atoms with E-state index in [0.717, 1.165) is 68.3 Å². The van der Waals surface area contributed by atoms with Crippen molar-refractivity contribution in [1.82, 2.24) is 40.2 Å². The van der Waals surface area contributed by atoms with Gasteiger partial charge >= 0.3 is 0 Å². The van der Waals surface area contributed by atoms with Crippen LogP contribution in [0, 0.1) is 11.6 Å². The summed E-state index contributed by atoms with van der Waals surface area (Å²) >= 11 is 0. The molecule has 414 valence electrons. The van der Waals surface area contributed by atoms with Crippen molar-refractivity contribution in [3.05, 3.63) is 107 Å². The molecule has 9 rings (SSSR count). The Labute approximate surface area is 450 Å². The minimum Gasteiger partial charge on any atom is -0.475 e. The van der Waals surface area contributed by atoms with Gasteiger partial charge in [-0.25, -0.2) is 22.2 Å². The fourth-order valence-electron chi connectivity index (χ4n) is 10.4. The molecule has 3 aromatic heterocycles. The SMILES string of the molecule is C[C@@H]1CN(CC(=O)N2CC(C)(C)c3ncc(Cc4ccc(F)cc4)cc32)[C@@H](CN2CCN(CCOCCOCCOCCOc3cc(Nc4n[nH]c5ccc(F)cc45)c4cc(S(=O)(=O)C(C)(C)C)ccc4n3)C[C@H]2C)CN1. The van der Waals surface area contributed by atoms with Gasteiger partial charge in [0.15, 0.2) is 15.7 Å². The molecule has 0 aliphatic carbocycles. The Morgan fingerprint density at radius 3 is 2.30 bits per heavy atom. The number of halogens is 2. The maximum absolute atomic E-state index is 14.3. The molecule has 0 saturated carbocycles. The molecule has 2 fully saturated rings. The molecular formula is C57H74F2N10O7S. The maximum atomic E-state index is 14.3. The number of hydrogen-bond donors (Lipinski definition) is 3. The monoisotopic (exact) mass is 1080 g/mol. The summed E-state index contributed by atoms with van der Waals surface area (Å²) in [6.45, 7) is 23.6. The quantitative estimate of drug-likeness (QED) is 0.0586. The number of nitrogens with one attached hydrogen (secondary N) is 3. The van der Waals surface area contributed by atoms with Crippen molar-refractivity contribution >= 4 is 54.7 Å². The van der Waals surface area contributed by atoms with Gasteiger partial charge in [-0.2, -0.15) is 5.10 Å². The van der Waals surface area contributed by atoms with E-state index in [1.54, 1.807) is 63.2 Å². The van der Waals surface area contributed by atoms with Crippen molar-refractivity contribution in [1.29, 1.82) is 0 Å². The van der Waals surface area contributed by atoms with Crippen LogP contribution in [-0.2, 0) is 40.7 Å². The second kappa shape index (κ2) is 24.1. The van der Waals surface area contributed by atoms with Crippen molar-refractivity contribution in [2.75, 3.05) is 115 Å². The maximum Gasteiger partial charge on any atom is 0.241 e. The molecule has 3 aliphatic heterocycles. The van der Waals surface area contributed by atoms with Gasteiger partial charge < -0.3 is 34.5 Å². The second-order valence-corrected chi connectivity index (χ2v) is 25.0. The highest BCUT2D eigenvalue weighted by molar-refractivity contribution is 7.92. The molecule has 20 heteroatoms. The molecule has 0 spiro atoms. The Morgan fingerprint density at radius 1 is 0.831 bits per heavy atom. The third-order valence-electron chi connectivity index (χ3n) is 14.8. The van der Waals surface area contributed by atoms with E-state index in [0.29, 0.717) is 97.8 Å². The highest BCUT2D eigenvalue weighted by atomic mass is 32.2. The van der Waals surface area contributed by atoms with E-state index in [2.05, 4.69) is 74.3 Å². The van der Waals surface area contributed by atoms with E-state index in [9.17, 15) is 22.0 Å². The number of amides is 1. The number of fused-ring (bicyclic) bond motifs is 3. The molecule has 3 aromatic carbocycles. The minimum absolute atomic E-state index is 0.0919. The second-order valence-electron chi connectivity index (χ2n) is 22.3. The Hall–Kier alpha value is -5.71. The van der Waals surface area contributed by atoms with Gasteiger partial charge in [0.1, 0.15) is 18.2 Å². The lowest BCUT2D eigenvalue weighted by atomic mass is 9.91. The van der Waals surface area contributed by atoms with Gasteiger partial charge in [0.05, 0.1) is 83.9 Å². The Bertz CT molecular complexity index is 3120. The van der Waals surface area contributed by atoms with Crippen molar-refractivity contribution in [2.24, 2.45) is 0 Å². The van der Waals surface area contributed by atoms with E-state index in [1.165, 1.54) is 24.3 Å². The number of pyridine rings is 2. The van der Waals surface area contributed by atoms with Gasteiger partial charge in [0.25, 0.3) is 0 Å². The van der Waals surface area contributed by atoms with Crippen LogP contribution >= 0.6 is 0 Å². The molecular weight excluding hydrogens is 1010 g/mol. The summed E-state index contributed by atoms with van der Waals surface area (Å²) in [5, 5.41) is 15.2. The number of rotatable bonds is 22. The van der Waals surface area contributed by atoms with Gasteiger partial charge in [-0.05, 0) is 107 Å². The van der Waals surface area contributed by atoms with Gasteiger partial charge in [0, 0.05) is 98.9 Å². The predicted octanol–water partition coefficient (Wildman–Crippen LogP) is 7.11. The standard InChI is InChI=1S/C57H74F2N10O7S/c1-38-33-68(36-53(70)69-37-57(6,7)54-51(69)27-41(31-61-54)26-40-8-10-42(58)11-9-40)44(32-60-38)35-67-17-16-66(34-39(67)2)18-19-73-20-21-74-22-23-75-24-25-76-52-30-50(63-55-47-28-43(59)12-14-49(47)64-65-55)46-29-45(13-15-48(46)62-52)77(71,72)56(3,4)5/h8-15,27-31,38-39,44,60H,16-26,32-37H2,1-7H3,(H2,62,63,64,65)/t38-,39-,44-/m1/s1. The van der Waals surface area contributed by atoms with Crippen LogP contribution in [0.1, 0.15) is 65.3 Å². The molecule has 3 aliphatic rings. The molecule has 3 atom stereocenters. The van der Waals surface area contributed by atoms with E-state index in [4.69, 9.17) is 23.9 Å². The zero-order valence-corrected chi connectivity index (χ0v) is 46.2. The molecule has 2 saturated heterocycles. The topological polar surface area (TPSA) is 180 Å². The van der Waals surface area contributed by atoms with Crippen LogP contribution in [0.2, 0.25) is 0 Å². The molecule has 17 nitrogen and oxygen atoms in total. The number of anilines is 3. The summed E-state index contributed by atoms with van der Waals surface area (Å²) in [6, 6.07) is 20.2. The van der Waals surface area contributed by atoms with Crippen LogP contribution in [0.3, 0.4) is 0 Å². The minimum atomic E-state index is -3.67. The third kappa shape index (κ3) is 13.6. The lowest BCUT2D eigenvalue weighted by Gasteiger charge is -2.45. The molecule has 6 aromatic rings. The summed E-state index contributed by atoms with van der Waals surface area (Å²) in [7, 11) is -3.67. The van der Waals surface area contributed by atoms with E-state index in [-0.39, 0.29) is 47.3 Å². The molecule has 1 amide bonds. The number of nitrogens with zero attached hydrogens (tertiary/aromatic N) is 7. The van der Waals surface area contributed by atoms with Crippen LogP contribution in [0.25, 0.3) is 21.8 Å². The summed E-state index contributed by atoms with van der Waals surface area (Å²) in [5.41, 5.74) is 5.17. The number of benzene rings is 3. The van der Waals surface area contributed by atoms with Crippen molar-refractivity contribution < 1.29 is 40.9 Å². The lowest BCUT2D eigenvalue weighted by Crippen LogP contribution is -2.63. The number of H-pyrrole nitrogens is 1. The molecule has 77 heavy (non-hydrogen) atoms. The predicted molar refractivity (Wildman–Crippen MR) is 295 cm³/mol. The highest BCUT2D eigenvalue weighted by Crippen LogP contribution is 2.40. The van der Waals surface area contributed by atoms with Gasteiger partial charge in [0.2, 0.25) is 11.8 Å². The first kappa shape index (κ1) is 56.0. The summed E-state index contributed by atoms with van der Waals surface area (Å²) < 4.78 is 77.1. The Morgan fingerprint density at radius 2 is 1.56 bits per heavy atom. The third-order valence-corrected chi connectivity index (χ3v) is 17.3. The number of piperazine rings is 2. The number of sulfone groups is 1. The summed E-state index contributed by atoms with van der Waals surface area (Å²) in [5.74, 6) is 0.0712. The van der Waals surface area contributed by atoms with Crippen LogP contribution in [-0.4, -0.2) is 177 Å². The zero-order valence-electron chi connectivity index (χ0n) is 45.4. The van der Waals surface area contributed by atoms with Crippen molar-refractivity contribution in [3.8, 4) is 5.88 Å². The summed E-state index contributed by atoms with van der Waals surface area (Å²) in [4.78, 5) is 33.3. The number of aromatic nitrogens is 4. The van der Waals surface area contributed by atoms with E-state index < -0.39 is 20.4 Å². The number of aromatic amines is 1. The number of carbonyl (C=O) groups is 1. The fourth-order valence-corrected chi connectivity index (χ4v) is 11.7. The molecule has 0 bridgehead atoms. The van der Waals surface area contributed by atoms with Crippen LogP contribution in [0.15, 0.2) is 83.9 Å². The Balaban J connectivity index is 0.672. The van der Waals surface area contributed by atoms with Gasteiger partial charge in [-0.15, -0.1) is 0 Å². The van der Waals surface area contributed by atoms with Crippen molar-refractivity contribution in [3.63, 3.8) is 0 Å². The first-order valence-electron chi connectivity index (χ1n) is 26.8. The largest absolute Gasteiger partial charge is 0.475 e. The Kier molecular flexibility index (Phi) is 17.5. The zero-order chi connectivity index (χ0) is 54.5. The number of ether oxygens (including phenoxy) is 4. The molecule has 0 radical (unpaired) electrons. The number of carbonyl (C=O) groups excluding carboxylic acids is 1. The van der Waals surface area contributed by atoms with E-state index >= 15 is 0 Å². The van der Waals surface area contributed by atoms with E-state index in [1.807, 2.05) is 11.1 Å². The molecule has 3 N–H and O–H groups in total. The highest BCUT2D eigenvalue weighted by Gasteiger charge is 2.41. The van der Waals surface area contributed by atoms with Gasteiger partial charge in [-0.3, -0.25) is 29.6 Å². The average Bonchev–Trinajstić information content (AvgIpc) is 3.94. The normalized spacial score (nSPS) is 19.5. The molecule has 0 unspecified atom stereocenters. The summed E-state index contributed by atoms with van der Waals surface area (Å²) in [6.07, 6.45) is 2.50. The average molecular weight is 1080 g/mol. The first-order chi connectivity index (χ1) is 36.8. The van der Waals surface area contributed by atoms with Crippen LogP contribution in [0.4, 0.5) is 26.0 Å². The molecule has 6 heterocycles. The smallest absolute Gasteiger partial charge is 0.241 e. The van der Waals surface area contributed by atoms with Crippen LogP contribution < -0.4 is 20.3 Å². The van der Waals surface area contributed by atoms with Gasteiger partial charge in [-0.1, -0.05) is 26.0 Å². The van der Waals surface area contributed by atoms with Crippen LogP contribution in [0.5, 0.6) is 5.88 Å². The lowest BCUT2D eigenvalue weighted by molar-refractivity contribution is -0.121. The van der Waals surface area contributed by atoms with Crippen molar-refractivity contribution in [2.45, 2.75) is 88.1 Å². The fraction of sp³-hybridized carbons (Fsp3) is 0.509. The first-order valence-corrected chi connectivity index (χ1v) is 28.2.